The number of halogens is 1. The Morgan fingerprint density at radius 3 is 2.41 bits per heavy atom. The monoisotopic (exact) mass is 472 g/mol. The second-order valence-corrected chi connectivity index (χ2v) is 9.62. The molecular formula is C24H29ClN4O2S. The third-order valence-corrected chi connectivity index (χ3v) is 7.27. The van der Waals surface area contributed by atoms with Gasteiger partial charge < -0.3 is 14.5 Å². The lowest BCUT2D eigenvalue weighted by atomic mass is 9.97. The van der Waals surface area contributed by atoms with E-state index in [1.807, 2.05) is 6.92 Å². The van der Waals surface area contributed by atoms with Crippen molar-refractivity contribution >= 4 is 45.1 Å². The number of carbonyl (C=O) groups excluding carboxylic acids is 1. The first-order valence-electron chi connectivity index (χ1n) is 11.2. The van der Waals surface area contributed by atoms with Crippen LogP contribution in [0.5, 0.6) is 0 Å². The Balaban J connectivity index is 1.75. The Labute approximate surface area is 198 Å². The summed E-state index contributed by atoms with van der Waals surface area (Å²) in [6.07, 6.45) is 0.656. The van der Waals surface area contributed by atoms with Gasteiger partial charge in [-0.05, 0) is 42.0 Å². The highest BCUT2D eigenvalue weighted by Crippen LogP contribution is 2.43. The Bertz CT molecular complexity index is 1110. The quantitative estimate of drug-likeness (QED) is 0.428. The van der Waals surface area contributed by atoms with Gasteiger partial charge in [0.15, 0.2) is 0 Å². The summed E-state index contributed by atoms with van der Waals surface area (Å²) in [5.74, 6) is 1.34. The Morgan fingerprint density at radius 2 is 1.81 bits per heavy atom. The molecule has 1 aromatic carbocycles. The van der Waals surface area contributed by atoms with E-state index < -0.39 is 0 Å². The van der Waals surface area contributed by atoms with Crippen LogP contribution in [0.15, 0.2) is 24.3 Å². The van der Waals surface area contributed by atoms with E-state index in [0.717, 1.165) is 22.5 Å². The van der Waals surface area contributed by atoms with Crippen molar-refractivity contribution in [2.24, 2.45) is 0 Å². The Morgan fingerprint density at radius 1 is 1.12 bits per heavy atom. The summed E-state index contributed by atoms with van der Waals surface area (Å²) in [5.41, 5.74) is 3.69. The number of hydrogen-bond donors (Lipinski definition) is 0. The van der Waals surface area contributed by atoms with Gasteiger partial charge in [-0.15, -0.1) is 11.3 Å². The standard InChI is InChI=1S/C24H29ClN4O2S/c1-5-18-19(17-9-7-16(8-10-17)15(3)4)20-21(26-23(25)27-22(20)32-18)28-11-13-29(14-12-28)24(30)31-6-2/h7-10,15H,5-6,11-14H2,1-4H3. The second-order valence-electron chi connectivity index (χ2n) is 8.20. The first-order chi connectivity index (χ1) is 15.4. The maximum atomic E-state index is 12.1. The number of amides is 1. The lowest BCUT2D eigenvalue weighted by Gasteiger charge is -2.35. The molecule has 1 amide bonds. The zero-order valence-corrected chi connectivity index (χ0v) is 20.6. The van der Waals surface area contributed by atoms with Crippen LogP contribution in [-0.2, 0) is 11.2 Å². The van der Waals surface area contributed by atoms with Crippen LogP contribution in [0.4, 0.5) is 10.6 Å². The summed E-state index contributed by atoms with van der Waals surface area (Å²) in [5, 5.41) is 1.31. The molecule has 1 aliphatic rings. The maximum Gasteiger partial charge on any atom is 0.409 e. The van der Waals surface area contributed by atoms with Gasteiger partial charge in [0.2, 0.25) is 5.28 Å². The van der Waals surface area contributed by atoms with E-state index in [0.29, 0.717) is 38.7 Å². The van der Waals surface area contributed by atoms with E-state index in [1.54, 1.807) is 16.2 Å². The maximum absolute atomic E-state index is 12.1. The molecule has 0 radical (unpaired) electrons. The van der Waals surface area contributed by atoms with Gasteiger partial charge in [-0.1, -0.05) is 45.0 Å². The molecule has 32 heavy (non-hydrogen) atoms. The number of thiophene rings is 1. The lowest BCUT2D eigenvalue weighted by Crippen LogP contribution is -2.49. The van der Waals surface area contributed by atoms with E-state index in [-0.39, 0.29) is 11.4 Å². The van der Waals surface area contributed by atoms with Gasteiger partial charge in [0.05, 0.1) is 12.0 Å². The number of aryl methyl sites for hydroxylation is 1. The molecule has 1 aliphatic heterocycles. The number of benzene rings is 1. The van der Waals surface area contributed by atoms with Crippen molar-refractivity contribution in [2.75, 3.05) is 37.7 Å². The van der Waals surface area contributed by atoms with Crippen molar-refractivity contribution in [3.8, 4) is 11.1 Å². The zero-order valence-electron chi connectivity index (χ0n) is 19.0. The summed E-state index contributed by atoms with van der Waals surface area (Å²) >= 11 is 8.03. The molecule has 0 aliphatic carbocycles. The molecular weight excluding hydrogens is 444 g/mol. The summed E-state index contributed by atoms with van der Waals surface area (Å²) in [7, 11) is 0. The summed E-state index contributed by atoms with van der Waals surface area (Å²) in [4.78, 5) is 27.5. The van der Waals surface area contributed by atoms with Gasteiger partial charge >= 0.3 is 6.09 Å². The van der Waals surface area contributed by atoms with E-state index in [1.165, 1.54) is 21.6 Å². The molecule has 170 valence electrons. The van der Waals surface area contributed by atoms with Crippen molar-refractivity contribution in [1.82, 2.24) is 14.9 Å². The number of nitrogens with zero attached hydrogens (tertiary/aromatic N) is 4. The number of anilines is 1. The molecule has 0 atom stereocenters. The number of aromatic nitrogens is 2. The summed E-state index contributed by atoms with van der Waals surface area (Å²) in [6, 6.07) is 8.81. The highest BCUT2D eigenvalue weighted by atomic mass is 35.5. The van der Waals surface area contributed by atoms with Crippen LogP contribution in [0, 0.1) is 0 Å². The van der Waals surface area contributed by atoms with Gasteiger partial charge in [-0.2, -0.15) is 4.98 Å². The molecule has 6 nitrogen and oxygen atoms in total. The number of fused-ring (bicyclic) bond motifs is 1. The van der Waals surface area contributed by atoms with Crippen molar-refractivity contribution < 1.29 is 9.53 Å². The number of hydrogen-bond acceptors (Lipinski definition) is 6. The minimum absolute atomic E-state index is 0.255. The minimum Gasteiger partial charge on any atom is -0.450 e. The Kier molecular flexibility index (Phi) is 6.86. The van der Waals surface area contributed by atoms with Crippen LogP contribution in [0.3, 0.4) is 0 Å². The first-order valence-corrected chi connectivity index (χ1v) is 12.4. The smallest absolute Gasteiger partial charge is 0.409 e. The minimum atomic E-state index is -0.257. The predicted molar refractivity (Wildman–Crippen MR) is 132 cm³/mol. The first kappa shape index (κ1) is 22.8. The fourth-order valence-electron chi connectivity index (χ4n) is 4.14. The fourth-order valence-corrected chi connectivity index (χ4v) is 5.48. The van der Waals surface area contributed by atoms with Crippen LogP contribution >= 0.6 is 22.9 Å². The average Bonchev–Trinajstić information content (AvgIpc) is 3.17. The topological polar surface area (TPSA) is 58.6 Å². The van der Waals surface area contributed by atoms with Crippen LogP contribution in [0.1, 0.15) is 44.1 Å². The Hall–Kier alpha value is -2.38. The molecule has 0 unspecified atom stereocenters. The van der Waals surface area contributed by atoms with Gasteiger partial charge in [-0.25, -0.2) is 9.78 Å². The van der Waals surface area contributed by atoms with Crippen LogP contribution in [0.2, 0.25) is 5.28 Å². The van der Waals surface area contributed by atoms with E-state index in [2.05, 4.69) is 59.9 Å². The molecule has 0 bridgehead atoms. The average molecular weight is 473 g/mol. The largest absolute Gasteiger partial charge is 0.450 e. The molecule has 4 rings (SSSR count). The fraction of sp³-hybridized carbons (Fsp3) is 0.458. The number of carbonyl (C=O) groups is 1. The van der Waals surface area contributed by atoms with Crippen molar-refractivity contribution in [1.29, 1.82) is 0 Å². The molecule has 8 heteroatoms. The SMILES string of the molecule is CCOC(=O)N1CCN(c2nc(Cl)nc3sc(CC)c(-c4ccc(C(C)C)cc4)c23)CC1. The van der Waals surface area contributed by atoms with Crippen molar-refractivity contribution in [3.05, 3.63) is 40.0 Å². The van der Waals surface area contributed by atoms with Crippen molar-refractivity contribution in [2.45, 2.75) is 40.0 Å². The molecule has 0 N–H and O–H groups in total. The van der Waals surface area contributed by atoms with Gasteiger partial charge in [0.25, 0.3) is 0 Å². The zero-order chi connectivity index (χ0) is 22.8. The molecule has 1 fully saturated rings. The lowest BCUT2D eigenvalue weighted by molar-refractivity contribution is 0.105. The summed E-state index contributed by atoms with van der Waals surface area (Å²) < 4.78 is 5.16. The van der Waals surface area contributed by atoms with Crippen LogP contribution in [0.25, 0.3) is 21.3 Å². The summed E-state index contributed by atoms with van der Waals surface area (Å²) in [6.45, 7) is 11.3. The number of rotatable bonds is 5. The molecule has 0 spiro atoms. The normalized spacial score (nSPS) is 14.4. The molecule has 1 saturated heterocycles. The van der Waals surface area contributed by atoms with E-state index >= 15 is 0 Å². The highest BCUT2D eigenvalue weighted by molar-refractivity contribution is 7.19. The predicted octanol–water partition coefficient (Wildman–Crippen LogP) is 5.98. The number of ether oxygens (including phenoxy) is 1. The highest BCUT2D eigenvalue weighted by Gasteiger charge is 2.27. The van der Waals surface area contributed by atoms with Crippen LogP contribution in [-0.4, -0.2) is 53.7 Å². The van der Waals surface area contributed by atoms with Gasteiger partial charge in [-0.3, -0.25) is 0 Å². The molecule has 3 aromatic rings. The van der Waals surface area contributed by atoms with Crippen LogP contribution < -0.4 is 4.90 Å². The molecule has 3 heterocycles. The van der Waals surface area contributed by atoms with E-state index in [4.69, 9.17) is 16.3 Å². The van der Waals surface area contributed by atoms with E-state index in [9.17, 15) is 4.79 Å². The third kappa shape index (κ3) is 4.41. The third-order valence-electron chi connectivity index (χ3n) is 5.87. The molecule has 0 saturated carbocycles. The van der Waals surface area contributed by atoms with Gasteiger partial charge in [0, 0.05) is 36.6 Å². The second kappa shape index (κ2) is 9.63. The molecule has 2 aromatic heterocycles. The van der Waals surface area contributed by atoms with Crippen molar-refractivity contribution in [3.63, 3.8) is 0 Å². The van der Waals surface area contributed by atoms with Gasteiger partial charge in [0.1, 0.15) is 10.6 Å². The number of piperazine rings is 1.